The van der Waals surface area contributed by atoms with Gasteiger partial charge in [0.05, 0.1) is 0 Å². The van der Waals surface area contributed by atoms with Crippen molar-refractivity contribution < 1.29 is 0 Å². The maximum atomic E-state index is 2.35. The zero-order valence-corrected chi connectivity index (χ0v) is 11.9. The molecule has 0 aromatic heterocycles. The van der Waals surface area contributed by atoms with Gasteiger partial charge in [0.2, 0.25) is 0 Å². The molecule has 0 N–H and O–H groups in total. The Morgan fingerprint density at radius 2 is 1.93 bits per heavy atom. The summed E-state index contributed by atoms with van der Waals surface area (Å²) in [5.41, 5.74) is 0. The second-order valence-electron chi connectivity index (χ2n) is 3.81. The molecule has 0 bridgehead atoms. The molecule has 0 nitrogen and oxygen atoms in total. The van der Waals surface area contributed by atoms with Gasteiger partial charge in [-0.05, 0) is 12.2 Å². The van der Waals surface area contributed by atoms with Crippen LogP contribution in [-0.2, 0) is 0 Å². The summed E-state index contributed by atoms with van der Waals surface area (Å²) in [6, 6.07) is 0. The summed E-state index contributed by atoms with van der Waals surface area (Å²) in [7, 11) is 0. The largest absolute Gasteiger partial charge is 0.161 e. The van der Waals surface area contributed by atoms with Crippen molar-refractivity contribution in [3.8, 4) is 0 Å². The lowest BCUT2D eigenvalue weighted by Crippen LogP contribution is -1.96. The van der Waals surface area contributed by atoms with Crippen LogP contribution in [0.1, 0.15) is 13.3 Å². The first-order chi connectivity index (χ1) is 6.86. The van der Waals surface area contributed by atoms with E-state index in [1.807, 2.05) is 0 Å². The fraction of sp³-hybridized carbons (Fsp3) is 1.00. The van der Waals surface area contributed by atoms with Crippen molar-refractivity contribution in [2.24, 2.45) is 0 Å². The molecule has 0 spiro atoms. The van der Waals surface area contributed by atoms with Gasteiger partial charge in [-0.25, -0.2) is 0 Å². The van der Waals surface area contributed by atoms with Crippen LogP contribution in [-0.4, -0.2) is 44.5 Å². The van der Waals surface area contributed by atoms with Gasteiger partial charge in [-0.1, -0.05) is 6.92 Å². The van der Waals surface area contributed by atoms with Crippen molar-refractivity contribution >= 4 is 47.0 Å². The molecule has 2 aliphatic rings. The maximum absolute atomic E-state index is 2.35. The van der Waals surface area contributed by atoms with E-state index in [-0.39, 0.29) is 0 Å². The molecule has 0 aliphatic carbocycles. The van der Waals surface area contributed by atoms with E-state index in [1.165, 1.54) is 35.2 Å². The van der Waals surface area contributed by atoms with Gasteiger partial charge >= 0.3 is 0 Å². The molecule has 0 amide bonds. The zero-order chi connectivity index (χ0) is 9.80. The molecule has 3 unspecified atom stereocenters. The SMILES string of the molecule is CC1SC1CSCCSCCC1CS1. The van der Waals surface area contributed by atoms with Crippen LogP contribution in [0.5, 0.6) is 0 Å². The molecule has 2 heterocycles. The Labute approximate surface area is 105 Å². The average Bonchev–Trinajstić information content (AvgIpc) is 3.04. The van der Waals surface area contributed by atoms with Crippen molar-refractivity contribution in [3.05, 3.63) is 0 Å². The number of hydrogen-bond acceptors (Lipinski definition) is 4. The van der Waals surface area contributed by atoms with Crippen LogP contribution >= 0.6 is 47.0 Å². The Balaban J connectivity index is 1.29. The molecule has 0 aromatic carbocycles. The lowest BCUT2D eigenvalue weighted by molar-refractivity contribution is 0.994. The van der Waals surface area contributed by atoms with E-state index in [4.69, 9.17) is 0 Å². The van der Waals surface area contributed by atoms with Gasteiger partial charge < -0.3 is 0 Å². The van der Waals surface area contributed by atoms with Crippen molar-refractivity contribution in [2.45, 2.75) is 29.1 Å². The molecule has 2 aliphatic heterocycles. The summed E-state index contributed by atoms with van der Waals surface area (Å²) in [5, 5.41) is 2.99. The number of hydrogen-bond donors (Lipinski definition) is 0. The lowest BCUT2D eigenvalue weighted by atomic mass is 10.4. The summed E-state index contributed by atoms with van der Waals surface area (Å²) >= 11 is 8.58. The second kappa shape index (κ2) is 6.21. The summed E-state index contributed by atoms with van der Waals surface area (Å²) in [6.45, 7) is 2.35. The van der Waals surface area contributed by atoms with Crippen LogP contribution in [0.2, 0.25) is 0 Å². The Hall–Kier alpha value is 1.40. The monoisotopic (exact) mass is 266 g/mol. The van der Waals surface area contributed by atoms with E-state index < -0.39 is 0 Å². The predicted molar refractivity (Wildman–Crippen MR) is 76.4 cm³/mol. The molecule has 0 aromatic rings. The molecule has 0 saturated carbocycles. The van der Waals surface area contributed by atoms with Crippen LogP contribution in [0.15, 0.2) is 0 Å². The maximum Gasteiger partial charge on any atom is 0.0257 e. The average molecular weight is 267 g/mol. The van der Waals surface area contributed by atoms with E-state index in [9.17, 15) is 0 Å². The minimum Gasteiger partial charge on any atom is -0.161 e. The van der Waals surface area contributed by atoms with Gasteiger partial charge in [-0.2, -0.15) is 47.0 Å². The quantitative estimate of drug-likeness (QED) is 0.487. The number of thioether (sulfide) groups is 4. The molecule has 0 radical (unpaired) electrons. The van der Waals surface area contributed by atoms with E-state index in [2.05, 4.69) is 54.0 Å². The van der Waals surface area contributed by atoms with Crippen LogP contribution in [0.3, 0.4) is 0 Å². The summed E-state index contributed by atoms with van der Waals surface area (Å²) in [5.74, 6) is 6.96. The molecular weight excluding hydrogens is 248 g/mol. The Morgan fingerprint density at radius 1 is 1.21 bits per heavy atom. The van der Waals surface area contributed by atoms with Crippen LogP contribution in [0, 0.1) is 0 Å². The first-order valence-corrected chi connectivity index (χ1v) is 9.59. The first kappa shape index (κ1) is 11.9. The van der Waals surface area contributed by atoms with Crippen molar-refractivity contribution in [1.82, 2.24) is 0 Å². The van der Waals surface area contributed by atoms with Gasteiger partial charge in [0, 0.05) is 38.8 Å². The Bertz CT molecular complexity index is 170. The minimum atomic E-state index is 0.960. The lowest BCUT2D eigenvalue weighted by Gasteiger charge is -2.00. The van der Waals surface area contributed by atoms with E-state index in [1.54, 1.807) is 0 Å². The third-order valence-corrected chi connectivity index (χ3v) is 7.46. The zero-order valence-electron chi connectivity index (χ0n) is 8.61. The van der Waals surface area contributed by atoms with Gasteiger partial charge in [-0.3, -0.25) is 0 Å². The van der Waals surface area contributed by atoms with E-state index in [0.29, 0.717) is 0 Å². The van der Waals surface area contributed by atoms with Crippen LogP contribution in [0.25, 0.3) is 0 Å². The summed E-state index contributed by atoms with van der Waals surface area (Å²) in [6.07, 6.45) is 1.45. The highest BCUT2D eigenvalue weighted by atomic mass is 32.2. The molecule has 3 atom stereocenters. The molecule has 2 fully saturated rings. The van der Waals surface area contributed by atoms with Crippen molar-refractivity contribution in [3.63, 3.8) is 0 Å². The smallest absolute Gasteiger partial charge is 0.0257 e. The first-order valence-electron chi connectivity index (χ1n) is 5.29. The summed E-state index contributed by atoms with van der Waals surface area (Å²) in [4.78, 5) is 0. The molecule has 14 heavy (non-hydrogen) atoms. The Kier molecular flexibility index (Phi) is 5.27. The molecule has 2 rings (SSSR count). The van der Waals surface area contributed by atoms with Crippen molar-refractivity contribution in [2.75, 3.05) is 28.8 Å². The molecule has 82 valence electrons. The highest BCUT2D eigenvalue weighted by Gasteiger charge is 2.32. The van der Waals surface area contributed by atoms with Gasteiger partial charge in [-0.15, -0.1) is 0 Å². The Morgan fingerprint density at radius 3 is 2.57 bits per heavy atom. The van der Waals surface area contributed by atoms with Gasteiger partial charge in [0.15, 0.2) is 0 Å². The fourth-order valence-electron chi connectivity index (χ4n) is 1.27. The standard InChI is InChI=1S/C10H18S4/c1-8-10(14-8)7-12-5-4-11-3-2-9-6-13-9/h8-10H,2-7H2,1H3. The topological polar surface area (TPSA) is 0 Å². The summed E-state index contributed by atoms with van der Waals surface area (Å²) < 4.78 is 0. The minimum absolute atomic E-state index is 0.960. The predicted octanol–water partition coefficient (Wildman–Crippen LogP) is 3.46. The molecule has 2 saturated heterocycles. The van der Waals surface area contributed by atoms with E-state index in [0.717, 1.165) is 15.7 Å². The fourth-order valence-corrected chi connectivity index (χ4v) is 5.58. The number of rotatable bonds is 8. The van der Waals surface area contributed by atoms with E-state index >= 15 is 0 Å². The second-order valence-corrected chi connectivity index (χ2v) is 9.14. The third-order valence-electron chi connectivity index (χ3n) is 2.48. The highest BCUT2D eigenvalue weighted by molar-refractivity contribution is 8.09. The van der Waals surface area contributed by atoms with Crippen LogP contribution < -0.4 is 0 Å². The van der Waals surface area contributed by atoms with Crippen LogP contribution in [0.4, 0.5) is 0 Å². The highest BCUT2D eigenvalue weighted by Crippen LogP contribution is 2.42. The van der Waals surface area contributed by atoms with Gasteiger partial charge in [0.1, 0.15) is 0 Å². The molecular formula is C10H18S4. The van der Waals surface area contributed by atoms with Gasteiger partial charge in [0.25, 0.3) is 0 Å². The van der Waals surface area contributed by atoms with Crippen molar-refractivity contribution in [1.29, 1.82) is 0 Å². The third kappa shape index (κ3) is 4.95. The normalized spacial score (nSPS) is 34.5. The molecule has 4 heteroatoms.